The fraction of sp³-hybridized carbons (Fsp3) is 0.625. The maximum absolute atomic E-state index is 3.69. The normalized spacial score (nSPS) is 24.5. The van der Waals surface area contributed by atoms with E-state index in [2.05, 4.69) is 54.4 Å². The zero-order valence-corrected chi connectivity index (χ0v) is 13.0. The summed E-state index contributed by atoms with van der Waals surface area (Å²) >= 11 is 2.05. The SMILES string of the molecule is CCSCCN1CC(Cc2ccccc2)NCC1C. The van der Waals surface area contributed by atoms with E-state index in [1.165, 1.54) is 30.2 Å². The fourth-order valence-electron chi connectivity index (χ4n) is 2.67. The van der Waals surface area contributed by atoms with Gasteiger partial charge in [0.15, 0.2) is 0 Å². The summed E-state index contributed by atoms with van der Waals surface area (Å²) < 4.78 is 0. The van der Waals surface area contributed by atoms with Crippen molar-refractivity contribution < 1.29 is 0 Å². The van der Waals surface area contributed by atoms with Gasteiger partial charge in [-0.15, -0.1) is 0 Å². The van der Waals surface area contributed by atoms with Crippen LogP contribution in [0.1, 0.15) is 19.4 Å². The summed E-state index contributed by atoms with van der Waals surface area (Å²) in [6, 6.07) is 12.1. The van der Waals surface area contributed by atoms with Gasteiger partial charge in [-0.25, -0.2) is 0 Å². The third-order valence-corrected chi connectivity index (χ3v) is 4.71. The molecule has 2 atom stereocenters. The molecule has 0 radical (unpaired) electrons. The molecule has 2 unspecified atom stereocenters. The first-order valence-electron chi connectivity index (χ1n) is 7.38. The van der Waals surface area contributed by atoms with Crippen molar-refractivity contribution in [1.82, 2.24) is 10.2 Å². The van der Waals surface area contributed by atoms with Gasteiger partial charge < -0.3 is 5.32 Å². The minimum Gasteiger partial charge on any atom is -0.311 e. The second-order valence-corrected chi connectivity index (χ2v) is 6.73. The Hall–Kier alpha value is -0.510. The topological polar surface area (TPSA) is 15.3 Å². The molecule has 1 aliphatic heterocycles. The van der Waals surface area contributed by atoms with Crippen LogP contribution >= 0.6 is 11.8 Å². The summed E-state index contributed by atoms with van der Waals surface area (Å²) in [4.78, 5) is 2.65. The highest BCUT2D eigenvalue weighted by molar-refractivity contribution is 7.99. The number of rotatable bonds is 6. The first-order valence-corrected chi connectivity index (χ1v) is 8.54. The molecule has 1 saturated heterocycles. The highest BCUT2D eigenvalue weighted by Crippen LogP contribution is 2.12. The summed E-state index contributed by atoms with van der Waals surface area (Å²) in [5.41, 5.74) is 1.44. The highest BCUT2D eigenvalue weighted by Gasteiger charge is 2.24. The lowest BCUT2D eigenvalue weighted by molar-refractivity contribution is 0.149. The Morgan fingerprint density at radius 2 is 2.11 bits per heavy atom. The molecule has 0 saturated carbocycles. The summed E-state index contributed by atoms with van der Waals surface area (Å²) in [6.07, 6.45) is 1.14. The predicted octanol–water partition coefficient (Wildman–Crippen LogP) is 2.64. The molecule has 0 amide bonds. The van der Waals surface area contributed by atoms with E-state index in [9.17, 15) is 0 Å². The second kappa shape index (κ2) is 7.93. The quantitative estimate of drug-likeness (QED) is 0.805. The van der Waals surface area contributed by atoms with Gasteiger partial charge in [-0.05, 0) is 24.7 Å². The Balaban J connectivity index is 1.83. The Kier molecular flexibility index (Phi) is 6.21. The highest BCUT2D eigenvalue weighted by atomic mass is 32.2. The third-order valence-electron chi connectivity index (χ3n) is 3.83. The molecular formula is C16H26N2S. The van der Waals surface area contributed by atoms with Crippen molar-refractivity contribution in [2.45, 2.75) is 32.4 Å². The average Bonchev–Trinajstić information content (AvgIpc) is 2.44. The van der Waals surface area contributed by atoms with Gasteiger partial charge in [-0.2, -0.15) is 11.8 Å². The molecule has 1 aromatic rings. The molecule has 0 bridgehead atoms. The molecule has 106 valence electrons. The van der Waals surface area contributed by atoms with E-state index in [-0.39, 0.29) is 0 Å². The van der Waals surface area contributed by atoms with Gasteiger partial charge in [-0.3, -0.25) is 4.90 Å². The van der Waals surface area contributed by atoms with Crippen molar-refractivity contribution in [2.75, 3.05) is 31.1 Å². The van der Waals surface area contributed by atoms with Crippen molar-refractivity contribution >= 4 is 11.8 Å². The van der Waals surface area contributed by atoms with Crippen molar-refractivity contribution in [2.24, 2.45) is 0 Å². The number of nitrogens with zero attached hydrogens (tertiary/aromatic N) is 1. The Morgan fingerprint density at radius 3 is 2.84 bits per heavy atom. The summed E-state index contributed by atoms with van der Waals surface area (Å²) in [6.45, 7) is 8.10. The van der Waals surface area contributed by atoms with Crippen molar-refractivity contribution in [1.29, 1.82) is 0 Å². The van der Waals surface area contributed by atoms with E-state index in [1.54, 1.807) is 0 Å². The molecule has 1 N–H and O–H groups in total. The lowest BCUT2D eigenvalue weighted by atomic mass is 10.0. The second-order valence-electron chi connectivity index (χ2n) is 5.34. The van der Waals surface area contributed by atoms with Gasteiger partial charge in [0.05, 0.1) is 0 Å². The zero-order chi connectivity index (χ0) is 13.5. The Morgan fingerprint density at radius 1 is 1.32 bits per heavy atom. The maximum atomic E-state index is 3.69. The van der Waals surface area contributed by atoms with E-state index in [4.69, 9.17) is 0 Å². The van der Waals surface area contributed by atoms with Crippen molar-refractivity contribution in [3.63, 3.8) is 0 Å². The number of piperazine rings is 1. The summed E-state index contributed by atoms with van der Waals surface area (Å²) in [5, 5.41) is 3.69. The predicted molar refractivity (Wildman–Crippen MR) is 86.0 cm³/mol. The molecule has 2 nitrogen and oxygen atoms in total. The van der Waals surface area contributed by atoms with E-state index in [0.29, 0.717) is 12.1 Å². The Bertz CT molecular complexity index is 355. The number of hydrogen-bond acceptors (Lipinski definition) is 3. The van der Waals surface area contributed by atoms with Crippen LogP contribution in [0.4, 0.5) is 0 Å². The van der Waals surface area contributed by atoms with Crippen molar-refractivity contribution in [3.8, 4) is 0 Å². The van der Waals surface area contributed by atoms with Crippen LogP contribution in [0.3, 0.4) is 0 Å². The number of hydrogen-bond donors (Lipinski definition) is 1. The minimum absolute atomic E-state index is 0.602. The van der Waals surface area contributed by atoms with Crippen LogP contribution in [-0.4, -0.2) is 48.1 Å². The van der Waals surface area contributed by atoms with Gasteiger partial charge in [0, 0.05) is 37.5 Å². The van der Waals surface area contributed by atoms with Gasteiger partial charge in [-0.1, -0.05) is 37.3 Å². The van der Waals surface area contributed by atoms with Gasteiger partial charge >= 0.3 is 0 Å². The lowest BCUT2D eigenvalue weighted by Gasteiger charge is -2.39. The van der Waals surface area contributed by atoms with Crippen LogP contribution in [0.15, 0.2) is 30.3 Å². The van der Waals surface area contributed by atoms with E-state index >= 15 is 0 Å². The first-order chi connectivity index (χ1) is 9.29. The van der Waals surface area contributed by atoms with Crippen LogP contribution < -0.4 is 5.32 Å². The van der Waals surface area contributed by atoms with Gasteiger partial charge in [0.2, 0.25) is 0 Å². The number of benzene rings is 1. The summed E-state index contributed by atoms with van der Waals surface area (Å²) in [7, 11) is 0. The maximum Gasteiger partial charge on any atom is 0.0236 e. The van der Waals surface area contributed by atoms with Gasteiger partial charge in [0.25, 0.3) is 0 Å². The molecule has 3 heteroatoms. The molecular weight excluding hydrogens is 252 g/mol. The largest absolute Gasteiger partial charge is 0.311 e. The van der Waals surface area contributed by atoms with Crippen LogP contribution in [0.25, 0.3) is 0 Å². The number of thioether (sulfide) groups is 1. The fourth-order valence-corrected chi connectivity index (χ4v) is 3.32. The molecule has 2 rings (SSSR count). The molecule has 0 aromatic heterocycles. The number of nitrogens with one attached hydrogen (secondary N) is 1. The average molecular weight is 278 g/mol. The van der Waals surface area contributed by atoms with Crippen LogP contribution in [0.2, 0.25) is 0 Å². The minimum atomic E-state index is 0.602. The lowest BCUT2D eigenvalue weighted by Crippen LogP contribution is -2.56. The standard InChI is InChI=1S/C16H26N2S/c1-3-19-10-9-18-13-16(17-12-14(18)2)11-15-7-5-4-6-8-15/h4-8,14,16-17H,3,9-13H2,1-2H3. The molecule has 0 spiro atoms. The van der Waals surface area contributed by atoms with Crippen molar-refractivity contribution in [3.05, 3.63) is 35.9 Å². The molecule has 19 heavy (non-hydrogen) atoms. The monoisotopic (exact) mass is 278 g/mol. The smallest absolute Gasteiger partial charge is 0.0236 e. The van der Waals surface area contributed by atoms with Gasteiger partial charge in [0.1, 0.15) is 0 Å². The molecule has 1 fully saturated rings. The molecule has 1 heterocycles. The van der Waals surface area contributed by atoms with E-state index in [0.717, 1.165) is 13.0 Å². The zero-order valence-electron chi connectivity index (χ0n) is 12.1. The molecule has 1 aromatic carbocycles. The van der Waals surface area contributed by atoms with Crippen LogP contribution in [0, 0.1) is 0 Å². The molecule has 1 aliphatic rings. The Labute approximate surface area is 122 Å². The van der Waals surface area contributed by atoms with Crippen LogP contribution in [0.5, 0.6) is 0 Å². The first kappa shape index (κ1) is 14.9. The van der Waals surface area contributed by atoms with Crippen LogP contribution in [-0.2, 0) is 6.42 Å². The van der Waals surface area contributed by atoms with E-state index in [1.807, 2.05) is 11.8 Å². The van der Waals surface area contributed by atoms with E-state index < -0.39 is 0 Å². The summed E-state index contributed by atoms with van der Waals surface area (Å²) in [5.74, 6) is 2.49. The molecule has 0 aliphatic carbocycles. The third kappa shape index (κ3) is 4.83.